The standard InChI is InChI=1S/C24H19N5O2S/c25-27-18-8-7-15(23-22(18)17-4-1-2-6-19(17)32-23)16-5-3-9-29-21(30)14-20(26-24(16)29)28-10-12-31-13-11-28/h1-9,14,25H,10-13H2. The predicted molar refractivity (Wildman–Crippen MR) is 128 cm³/mol. The Bertz CT molecular complexity index is 1570. The monoisotopic (exact) mass is 441 g/mol. The third kappa shape index (κ3) is 2.91. The Labute approximate surface area is 187 Å². The van der Waals surface area contributed by atoms with Gasteiger partial charge in [-0.15, -0.1) is 11.3 Å². The number of hydrogen-bond donors (Lipinski definition) is 1. The number of morpholine rings is 1. The van der Waals surface area contributed by atoms with Gasteiger partial charge in [0.15, 0.2) is 0 Å². The first kappa shape index (κ1) is 19.1. The second-order valence-corrected chi connectivity index (χ2v) is 8.77. The number of nitrogens with zero attached hydrogens (tertiary/aromatic N) is 4. The molecule has 6 rings (SSSR count). The summed E-state index contributed by atoms with van der Waals surface area (Å²) in [6.07, 6.45) is 1.76. The number of nitrogens with one attached hydrogen (secondary N) is 1. The molecule has 158 valence electrons. The van der Waals surface area contributed by atoms with Crippen LogP contribution in [0.15, 0.2) is 70.7 Å². The van der Waals surface area contributed by atoms with Crippen molar-refractivity contribution in [1.29, 1.82) is 5.53 Å². The molecule has 1 saturated heterocycles. The second-order valence-electron chi connectivity index (χ2n) is 7.71. The number of rotatable bonds is 3. The van der Waals surface area contributed by atoms with Gasteiger partial charge in [-0.25, -0.2) is 10.5 Å². The highest BCUT2D eigenvalue weighted by Gasteiger charge is 2.19. The smallest absolute Gasteiger partial charge is 0.259 e. The van der Waals surface area contributed by atoms with E-state index < -0.39 is 0 Å². The highest BCUT2D eigenvalue weighted by atomic mass is 32.1. The maximum absolute atomic E-state index is 13.0. The molecule has 1 aliphatic heterocycles. The molecule has 1 aliphatic rings. The van der Waals surface area contributed by atoms with Gasteiger partial charge in [-0.3, -0.25) is 9.20 Å². The van der Waals surface area contributed by atoms with Gasteiger partial charge in [0.05, 0.1) is 18.9 Å². The number of hydrogen-bond acceptors (Lipinski definition) is 7. The van der Waals surface area contributed by atoms with Gasteiger partial charge in [0.2, 0.25) is 0 Å². The molecule has 32 heavy (non-hydrogen) atoms. The Kier molecular flexibility index (Phi) is 4.48. The van der Waals surface area contributed by atoms with E-state index in [1.807, 2.05) is 36.4 Å². The number of benzene rings is 2. The Balaban J connectivity index is 1.65. The third-order valence-corrected chi connectivity index (χ3v) is 7.13. The fraction of sp³-hybridized carbons (Fsp3) is 0.167. The van der Waals surface area contributed by atoms with Crippen LogP contribution in [0.5, 0.6) is 0 Å². The normalized spacial score (nSPS) is 14.4. The molecule has 5 aromatic rings. The average Bonchev–Trinajstić information content (AvgIpc) is 3.24. The molecule has 0 radical (unpaired) electrons. The molecule has 4 heterocycles. The molecule has 8 heteroatoms. The molecule has 0 amide bonds. The second kappa shape index (κ2) is 7.51. The first-order valence-electron chi connectivity index (χ1n) is 10.4. The van der Waals surface area contributed by atoms with Crippen molar-refractivity contribution in [2.45, 2.75) is 0 Å². The Hall–Kier alpha value is -3.62. The molecule has 0 atom stereocenters. The molecule has 0 bridgehead atoms. The molecular formula is C24H19N5O2S. The van der Waals surface area contributed by atoms with Crippen LogP contribution in [0.1, 0.15) is 0 Å². The van der Waals surface area contributed by atoms with Crippen molar-refractivity contribution in [3.8, 4) is 11.1 Å². The lowest BCUT2D eigenvalue weighted by molar-refractivity contribution is 0.122. The van der Waals surface area contributed by atoms with Gasteiger partial charge in [0.1, 0.15) is 11.5 Å². The van der Waals surface area contributed by atoms with E-state index in [0.29, 0.717) is 43.5 Å². The SMILES string of the molecule is N=Nc1ccc(-c2cccn3c(=O)cc(N4CCOCC4)nc23)c2sc3ccccc3c12. The molecule has 0 spiro atoms. The Morgan fingerprint density at radius 2 is 1.88 bits per heavy atom. The van der Waals surface area contributed by atoms with Crippen molar-refractivity contribution in [2.75, 3.05) is 31.2 Å². The average molecular weight is 442 g/mol. The number of aromatic nitrogens is 2. The largest absolute Gasteiger partial charge is 0.378 e. The van der Waals surface area contributed by atoms with Gasteiger partial charge >= 0.3 is 0 Å². The van der Waals surface area contributed by atoms with Crippen LogP contribution in [-0.4, -0.2) is 35.7 Å². The van der Waals surface area contributed by atoms with E-state index in [9.17, 15) is 4.79 Å². The first-order valence-corrected chi connectivity index (χ1v) is 11.2. The van der Waals surface area contributed by atoms with Crippen LogP contribution in [0, 0.1) is 5.53 Å². The number of ether oxygens (including phenoxy) is 1. The van der Waals surface area contributed by atoms with Crippen molar-refractivity contribution in [1.82, 2.24) is 9.38 Å². The molecule has 7 nitrogen and oxygen atoms in total. The van der Waals surface area contributed by atoms with Gasteiger partial charge in [-0.2, -0.15) is 5.11 Å². The fourth-order valence-corrected chi connectivity index (χ4v) is 5.64. The summed E-state index contributed by atoms with van der Waals surface area (Å²) in [7, 11) is 0. The molecular weight excluding hydrogens is 422 g/mol. The summed E-state index contributed by atoms with van der Waals surface area (Å²) in [5, 5.41) is 5.82. The van der Waals surface area contributed by atoms with Crippen LogP contribution in [0.3, 0.4) is 0 Å². The summed E-state index contributed by atoms with van der Waals surface area (Å²) in [5.74, 6) is 0.677. The van der Waals surface area contributed by atoms with Gasteiger partial charge in [0, 0.05) is 56.7 Å². The fourth-order valence-electron chi connectivity index (χ4n) is 4.39. The minimum Gasteiger partial charge on any atom is -0.378 e. The van der Waals surface area contributed by atoms with E-state index in [1.54, 1.807) is 28.0 Å². The molecule has 3 aromatic heterocycles. The van der Waals surface area contributed by atoms with Gasteiger partial charge in [-0.1, -0.05) is 24.3 Å². The van der Waals surface area contributed by atoms with E-state index in [2.05, 4.69) is 22.1 Å². The van der Waals surface area contributed by atoms with Crippen LogP contribution in [-0.2, 0) is 4.74 Å². The van der Waals surface area contributed by atoms with Crippen molar-refractivity contribution in [3.63, 3.8) is 0 Å². The minimum absolute atomic E-state index is 0.108. The predicted octanol–water partition coefficient (Wildman–Crippen LogP) is 5.23. The zero-order chi connectivity index (χ0) is 21.7. The first-order chi connectivity index (χ1) is 15.7. The van der Waals surface area contributed by atoms with Crippen LogP contribution in [0.4, 0.5) is 11.5 Å². The zero-order valence-electron chi connectivity index (χ0n) is 17.1. The highest BCUT2D eigenvalue weighted by Crippen LogP contribution is 2.44. The lowest BCUT2D eigenvalue weighted by Crippen LogP contribution is -2.37. The molecule has 1 fully saturated rings. The maximum atomic E-state index is 13.0. The van der Waals surface area contributed by atoms with Crippen molar-refractivity contribution in [3.05, 3.63) is 71.1 Å². The molecule has 1 N–H and O–H groups in total. The van der Waals surface area contributed by atoms with E-state index in [4.69, 9.17) is 15.3 Å². The van der Waals surface area contributed by atoms with Crippen molar-refractivity contribution < 1.29 is 4.74 Å². The van der Waals surface area contributed by atoms with E-state index in [-0.39, 0.29) is 5.56 Å². The van der Waals surface area contributed by atoms with Gasteiger partial charge < -0.3 is 9.64 Å². The summed E-state index contributed by atoms with van der Waals surface area (Å²) in [4.78, 5) is 20.0. The van der Waals surface area contributed by atoms with Gasteiger partial charge in [0.25, 0.3) is 5.56 Å². The Morgan fingerprint density at radius 1 is 1.03 bits per heavy atom. The third-order valence-electron chi connectivity index (χ3n) is 5.93. The minimum atomic E-state index is -0.108. The van der Waals surface area contributed by atoms with E-state index in [1.165, 1.54) is 0 Å². The van der Waals surface area contributed by atoms with Crippen LogP contribution in [0.2, 0.25) is 0 Å². The van der Waals surface area contributed by atoms with Crippen molar-refractivity contribution >= 4 is 48.7 Å². The number of pyridine rings is 1. The quantitative estimate of drug-likeness (QED) is 0.389. The van der Waals surface area contributed by atoms with Gasteiger partial charge in [-0.05, 0) is 24.3 Å². The highest BCUT2D eigenvalue weighted by molar-refractivity contribution is 7.26. The van der Waals surface area contributed by atoms with Crippen LogP contribution < -0.4 is 10.5 Å². The van der Waals surface area contributed by atoms with Crippen LogP contribution >= 0.6 is 11.3 Å². The number of thiophene rings is 1. The lowest BCUT2D eigenvalue weighted by atomic mass is 10.0. The lowest BCUT2D eigenvalue weighted by Gasteiger charge is -2.27. The van der Waals surface area contributed by atoms with Crippen LogP contribution in [0.25, 0.3) is 36.9 Å². The number of anilines is 1. The molecule has 0 saturated carbocycles. The zero-order valence-corrected chi connectivity index (χ0v) is 17.9. The Morgan fingerprint density at radius 3 is 2.72 bits per heavy atom. The summed E-state index contributed by atoms with van der Waals surface area (Å²) >= 11 is 1.67. The summed E-state index contributed by atoms with van der Waals surface area (Å²) in [5.41, 5.74) is 10.7. The van der Waals surface area contributed by atoms with E-state index in [0.717, 1.165) is 31.3 Å². The topological polar surface area (TPSA) is 83.1 Å². The summed E-state index contributed by atoms with van der Waals surface area (Å²) in [6.45, 7) is 2.68. The van der Waals surface area contributed by atoms with E-state index >= 15 is 0 Å². The van der Waals surface area contributed by atoms with Crippen molar-refractivity contribution in [2.24, 2.45) is 5.11 Å². The summed E-state index contributed by atoms with van der Waals surface area (Å²) in [6, 6.07) is 17.5. The molecule has 0 unspecified atom stereocenters. The maximum Gasteiger partial charge on any atom is 0.259 e. The number of fused-ring (bicyclic) bond motifs is 4. The molecule has 2 aromatic carbocycles. The molecule has 0 aliphatic carbocycles. The summed E-state index contributed by atoms with van der Waals surface area (Å²) < 4.78 is 9.23.